The molecule has 0 bridgehead atoms. The lowest BCUT2D eigenvalue weighted by atomic mass is 9.62. The molecule has 0 amide bonds. The maximum atomic E-state index is 5.52. The highest BCUT2D eigenvalue weighted by atomic mass is 16.5. The van der Waals surface area contributed by atoms with Gasteiger partial charge in [-0.1, -0.05) is 12.5 Å². The molecule has 1 N–H and O–H groups in total. The molecule has 2 nitrogen and oxygen atoms in total. The summed E-state index contributed by atoms with van der Waals surface area (Å²) in [5.74, 6) is 1.05. The van der Waals surface area contributed by atoms with E-state index in [0.717, 1.165) is 12.3 Å². The highest BCUT2D eigenvalue weighted by Gasteiger charge is 2.39. The van der Waals surface area contributed by atoms with Gasteiger partial charge in [0.1, 0.15) is 5.75 Å². The molecule has 0 aromatic heterocycles. The zero-order valence-electron chi connectivity index (χ0n) is 12.3. The van der Waals surface area contributed by atoms with Crippen LogP contribution < -0.4 is 10.1 Å². The van der Waals surface area contributed by atoms with Gasteiger partial charge >= 0.3 is 0 Å². The van der Waals surface area contributed by atoms with Crippen molar-refractivity contribution < 1.29 is 4.74 Å². The van der Waals surface area contributed by atoms with Crippen molar-refractivity contribution in [1.82, 2.24) is 5.32 Å². The SMILES string of the molecule is CNCC1(c2cc(C)c(OC)c(C)c2C)CCC1. The van der Waals surface area contributed by atoms with Gasteiger partial charge in [0.25, 0.3) is 0 Å². The average molecular weight is 247 g/mol. The van der Waals surface area contributed by atoms with Crippen molar-refractivity contribution in [3.63, 3.8) is 0 Å². The smallest absolute Gasteiger partial charge is 0.124 e. The molecule has 1 aromatic carbocycles. The minimum absolute atomic E-state index is 0.362. The van der Waals surface area contributed by atoms with Gasteiger partial charge in [-0.05, 0) is 62.9 Å². The van der Waals surface area contributed by atoms with Crippen LogP contribution in [-0.4, -0.2) is 20.7 Å². The Bertz CT molecular complexity index is 447. The Hall–Kier alpha value is -1.02. The zero-order valence-corrected chi connectivity index (χ0v) is 12.3. The molecule has 1 aliphatic carbocycles. The largest absolute Gasteiger partial charge is 0.496 e. The van der Waals surface area contributed by atoms with E-state index in [-0.39, 0.29) is 0 Å². The molecule has 1 aromatic rings. The number of aryl methyl sites for hydroxylation is 1. The van der Waals surface area contributed by atoms with Crippen LogP contribution in [0.4, 0.5) is 0 Å². The van der Waals surface area contributed by atoms with Crippen LogP contribution in [0.15, 0.2) is 6.07 Å². The van der Waals surface area contributed by atoms with Crippen molar-refractivity contribution >= 4 is 0 Å². The van der Waals surface area contributed by atoms with Gasteiger partial charge in [0.05, 0.1) is 7.11 Å². The average Bonchev–Trinajstić information content (AvgIpc) is 2.29. The molecule has 1 aliphatic rings. The summed E-state index contributed by atoms with van der Waals surface area (Å²) in [5.41, 5.74) is 5.86. The normalized spacial score (nSPS) is 17.4. The lowest BCUT2D eigenvalue weighted by molar-refractivity contribution is 0.237. The quantitative estimate of drug-likeness (QED) is 0.881. The molecular weight excluding hydrogens is 222 g/mol. The summed E-state index contributed by atoms with van der Waals surface area (Å²) in [6.45, 7) is 7.65. The maximum absolute atomic E-state index is 5.52. The van der Waals surface area contributed by atoms with Gasteiger partial charge in [0.2, 0.25) is 0 Å². The second-order valence-electron chi connectivity index (χ2n) is 5.69. The number of nitrogens with one attached hydrogen (secondary N) is 1. The molecule has 100 valence electrons. The zero-order chi connectivity index (χ0) is 13.3. The molecule has 0 unspecified atom stereocenters. The molecule has 0 saturated heterocycles. The summed E-state index contributed by atoms with van der Waals surface area (Å²) in [5, 5.41) is 3.37. The number of hydrogen-bond donors (Lipinski definition) is 1. The summed E-state index contributed by atoms with van der Waals surface area (Å²) in [7, 11) is 3.82. The number of methoxy groups -OCH3 is 1. The van der Waals surface area contributed by atoms with Crippen molar-refractivity contribution in [3.8, 4) is 5.75 Å². The first-order valence-corrected chi connectivity index (χ1v) is 6.85. The van der Waals surface area contributed by atoms with E-state index < -0.39 is 0 Å². The molecule has 18 heavy (non-hydrogen) atoms. The van der Waals surface area contributed by atoms with Crippen LogP contribution in [0.25, 0.3) is 0 Å². The molecule has 1 fully saturated rings. The molecule has 0 aliphatic heterocycles. The summed E-state index contributed by atoms with van der Waals surface area (Å²) >= 11 is 0. The molecule has 0 spiro atoms. The third-order valence-electron chi connectivity index (χ3n) is 4.63. The first-order chi connectivity index (χ1) is 8.55. The third kappa shape index (κ3) is 1.93. The van der Waals surface area contributed by atoms with Gasteiger partial charge in [-0.3, -0.25) is 0 Å². The fraction of sp³-hybridized carbons (Fsp3) is 0.625. The number of ether oxygens (including phenoxy) is 1. The van der Waals surface area contributed by atoms with Crippen LogP contribution in [-0.2, 0) is 5.41 Å². The van der Waals surface area contributed by atoms with Crippen molar-refractivity contribution in [2.75, 3.05) is 20.7 Å². The Morgan fingerprint density at radius 2 is 1.89 bits per heavy atom. The van der Waals surface area contributed by atoms with Gasteiger partial charge in [-0.15, -0.1) is 0 Å². The predicted molar refractivity (Wildman–Crippen MR) is 76.7 cm³/mol. The number of rotatable bonds is 4. The Morgan fingerprint density at radius 1 is 1.22 bits per heavy atom. The first kappa shape index (κ1) is 13.4. The van der Waals surface area contributed by atoms with E-state index in [0.29, 0.717) is 5.41 Å². The minimum atomic E-state index is 0.362. The van der Waals surface area contributed by atoms with Gasteiger partial charge in [-0.2, -0.15) is 0 Å². The van der Waals surface area contributed by atoms with E-state index in [2.05, 4.69) is 39.2 Å². The molecule has 0 heterocycles. The minimum Gasteiger partial charge on any atom is -0.496 e. The fourth-order valence-electron chi connectivity index (χ4n) is 3.41. The Balaban J connectivity index is 2.51. The lowest BCUT2D eigenvalue weighted by Gasteiger charge is -2.44. The third-order valence-corrected chi connectivity index (χ3v) is 4.63. The maximum Gasteiger partial charge on any atom is 0.124 e. The predicted octanol–water partition coefficient (Wildman–Crippen LogP) is 3.26. The van der Waals surface area contributed by atoms with Crippen LogP contribution in [0.1, 0.15) is 41.5 Å². The highest BCUT2D eigenvalue weighted by molar-refractivity contribution is 5.52. The second-order valence-corrected chi connectivity index (χ2v) is 5.69. The van der Waals surface area contributed by atoms with E-state index in [4.69, 9.17) is 4.74 Å². The summed E-state index contributed by atoms with van der Waals surface area (Å²) in [6, 6.07) is 2.34. The monoisotopic (exact) mass is 247 g/mol. The summed E-state index contributed by atoms with van der Waals surface area (Å²) in [6.07, 6.45) is 3.96. The van der Waals surface area contributed by atoms with E-state index >= 15 is 0 Å². The van der Waals surface area contributed by atoms with Crippen LogP contribution >= 0.6 is 0 Å². The molecule has 2 heteroatoms. The molecular formula is C16H25NO. The standard InChI is InChI=1S/C16H25NO/c1-11-9-14(12(2)13(3)15(11)18-5)16(10-17-4)7-6-8-16/h9,17H,6-8,10H2,1-5H3. The van der Waals surface area contributed by atoms with Crippen molar-refractivity contribution in [1.29, 1.82) is 0 Å². The topological polar surface area (TPSA) is 21.3 Å². The summed E-state index contributed by atoms with van der Waals surface area (Å²) < 4.78 is 5.52. The number of likely N-dealkylation sites (N-methyl/N-ethyl adjacent to an activating group) is 1. The molecule has 2 rings (SSSR count). The molecule has 0 radical (unpaired) electrons. The Labute approximate surface area is 111 Å². The van der Waals surface area contributed by atoms with Crippen LogP contribution in [0.3, 0.4) is 0 Å². The fourth-order valence-corrected chi connectivity index (χ4v) is 3.41. The van der Waals surface area contributed by atoms with Crippen LogP contribution in [0.5, 0.6) is 5.75 Å². The van der Waals surface area contributed by atoms with Crippen molar-refractivity contribution in [2.24, 2.45) is 0 Å². The van der Waals surface area contributed by atoms with Crippen LogP contribution in [0.2, 0.25) is 0 Å². The van der Waals surface area contributed by atoms with Gasteiger partial charge < -0.3 is 10.1 Å². The van der Waals surface area contributed by atoms with Gasteiger partial charge in [0, 0.05) is 12.0 Å². The number of hydrogen-bond acceptors (Lipinski definition) is 2. The highest BCUT2D eigenvalue weighted by Crippen LogP contribution is 2.46. The first-order valence-electron chi connectivity index (χ1n) is 6.85. The number of benzene rings is 1. The summed E-state index contributed by atoms with van der Waals surface area (Å²) in [4.78, 5) is 0. The van der Waals surface area contributed by atoms with E-state index in [1.165, 1.54) is 41.5 Å². The van der Waals surface area contributed by atoms with Gasteiger partial charge in [0.15, 0.2) is 0 Å². The van der Waals surface area contributed by atoms with Crippen molar-refractivity contribution in [2.45, 2.75) is 45.4 Å². The van der Waals surface area contributed by atoms with Crippen LogP contribution in [0, 0.1) is 20.8 Å². The Kier molecular flexibility index (Phi) is 3.67. The molecule has 0 atom stereocenters. The Morgan fingerprint density at radius 3 is 2.33 bits per heavy atom. The van der Waals surface area contributed by atoms with E-state index in [1.807, 2.05) is 0 Å². The lowest BCUT2D eigenvalue weighted by Crippen LogP contribution is -2.43. The second kappa shape index (κ2) is 4.93. The van der Waals surface area contributed by atoms with E-state index in [1.54, 1.807) is 7.11 Å². The molecule has 1 saturated carbocycles. The van der Waals surface area contributed by atoms with Gasteiger partial charge in [-0.25, -0.2) is 0 Å². The van der Waals surface area contributed by atoms with E-state index in [9.17, 15) is 0 Å². The van der Waals surface area contributed by atoms with Crippen molar-refractivity contribution in [3.05, 3.63) is 28.3 Å².